The number of methoxy groups -OCH3 is 1. The number of carboxylic acids is 1. The summed E-state index contributed by atoms with van der Waals surface area (Å²) in [4.78, 5) is 22.6. The molecule has 104 valence electrons. The summed E-state index contributed by atoms with van der Waals surface area (Å²) in [6.45, 7) is 0.174. The van der Waals surface area contributed by atoms with Crippen LogP contribution in [0.4, 0.5) is 4.39 Å². The van der Waals surface area contributed by atoms with Crippen LogP contribution in [0, 0.1) is 5.82 Å². The number of halogens is 2. The van der Waals surface area contributed by atoms with Gasteiger partial charge in [0.05, 0.1) is 11.6 Å². The monoisotopic (exact) mass is 289 g/mol. The summed E-state index contributed by atoms with van der Waals surface area (Å²) < 4.78 is 18.0. The second-order valence-electron chi connectivity index (χ2n) is 3.76. The number of hydrogen-bond donors (Lipinski definition) is 2. The zero-order valence-corrected chi connectivity index (χ0v) is 10.9. The van der Waals surface area contributed by atoms with E-state index in [1.165, 1.54) is 19.2 Å². The molecule has 7 heteroatoms. The third-order valence-electron chi connectivity index (χ3n) is 2.36. The molecule has 0 saturated carbocycles. The summed E-state index contributed by atoms with van der Waals surface area (Å²) in [5.74, 6) is -2.52. The minimum atomic E-state index is -1.32. The minimum absolute atomic E-state index is 0.0242. The lowest BCUT2D eigenvalue weighted by Gasteiger charge is -2.15. The number of benzene rings is 1. The van der Waals surface area contributed by atoms with Crippen molar-refractivity contribution in [3.63, 3.8) is 0 Å². The first-order valence-corrected chi connectivity index (χ1v) is 5.79. The molecule has 0 aliphatic carbocycles. The van der Waals surface area contributed by atoms with Gasteiger partial charge in [-0.2, -0.15) is 0 Å². The number of carbonyl (C=O) groups is 2. The Labute approximate surface area is 114 Å². The van der Waals surface area contributed by atoms with E-state index in [1.54, 1.807) is 0 Å². The molecule has 2 N–H and O–H groups in total. The third-order valence-corrected chi connectivity index (χ3v) is 2.67. The van der Waals surface area contributed by atoms with Crippen molar-refractivity contribution in [1.82, 2.24) is 5.32 Å². The van der Waals surface area contributed by atoms with Crippen LogP contribution in [-0.4, -0.2) is 30.7 Å². The Bertz CT molecular complexity index is 481. The van der Waals surface area contributed by atoms with E-state index in [0.717, 1.165) is 6.07 Å². The molecule has 1 aromatic rings. The van der Waals surface area contributed by atoms with Crippen molar-refractivity contribution in [3.8, 4) is 0 Å². The van der Waals surface area contributed by atoms with E-state index in [1.807, 2.05) is 0 Å². The zero-order valence-electron chi connectivity index (χ0n) is 10.2. The summed E-state index contributed by atoms with van der Waals surface area (Å²) in [7, 11) is 1.43. The first-order valence-electron chi connectivity index (χ1n) is 5.41. The fourth-order valence-corrected chi connectivity index (χ4v) is 1.53. The molecule has 1 amide bonds. The Balaban J connectivity index is 2.85. The Morgan fingerprint density at radius 3 is 2.74 bits per heavy atom. The topological polar surface area (TPSA) is 75.6 Å². The molecular formula is C12H13ClFNO4. The zero-order chi connectivity index (χ0) is 14.4. The highest BCUT2D eigenvalue weighted by molar-refractivity contribution is 6.30. The summed E-state index contributed by atoms with van der Waals surface area (Å²) in [5, 5.41) is 11.2. The maximum absolute atomic E-state index is 13.3. The average Bonchev–Trinajstić information content (AvgIpc) is 2.36. The van der Waals surface area contributed by atoms with E-state index < -0.39 is 23.7 Å². The molecule has 0 heterocycles. The van der Waals surface area contributed by atoms with E-state index in [2.05, 4.69) is 5.32 Å². The van der Waals surface area contributed by atoms with Gasteiger partial charge in [0.15, 0.2) is 6.04 Å². The third kappa shape index (κ3) is 4.50. The molecule has 0 saturated heterocycles. The van der Waals surface area contributed by atoms with Gasteiger partial charge in [0.25, 0.3) is 0 Å². The maximum atomic E-state index is 13.3. The number of amides is 1. The van der Waals surface area contributed by atoms with Gasteiger partial charge >= 0.3 is 5.97 Å². The first-order chi connectivity index (χ1) is 8.95. The number of carbonyl (C=O) groups excluding carboxylic acids is 1. The second-order valence-corrected chi connectivity index (χ2v) is 4.16. The van der Waals surface area contributed by atoms with Crippen LogP contribution >= 0.6 is 11.6 Å². The predicted octanol–water partition coefficient (Wildman–Crippen LogP) is 1.76. The van der Waals surface area contributed by atoms with Crippen molar-refractivity contribution in [2.24, 2.45) is 0 Å². The smallest absolute Gasteiger partial charge is 0.330 e. The Morgan fingerprint density at radius 2 is 2.21 bits per heavy atom. The Hall–Kier alpha value is -1.66. The molecule has 0 radical (unpaired) electrons. The van der Waals surface area contributed by atoms with Crippen LogP contribution in [0.25, 0.3) is 0 Å². The quantitative estimate of drug-likeness (QED) is 0.837. The van der Waals surface area contributed by atoms with Gasteiger partial charge in [0, 0.05) is 13.5 Å². The highest BCUT2D eigenvalue weighted by Gasteiger charge is 2.22. The van der Waals surface area contributed by atoms with Crippen LogP contribution < -0.4 is 5.32 Å². The van der Waals surface area contributed by atoms with Crippen molar-refractivity contribution in [1.29, 1.82) is 0 Å². The maximum Gasteiger partial charge on any atom is 0.330 e. The summed E-state index contributed by atoms with van der Waals surface area (Å²) in [5.41, 5.74) is 0.111. The predicted molar refractivity (Wildman–Crippen MR) is 66.4 cm³/mol. The lowest BCUT2D eigenvalue weighted by molar-refractivity contribution is -0.142. The highest BCUT2D eigenvalue weighted by atomic mass is 35.5. The fourth-order valence-electron chi connectivity index (χ4n) is 1.41. The van der Waals surface area contributed by atoms with Gasteiger partial charge in [-0.3, -0.25) is 4.79 Å². The number of nitrogens with one attached hydrogen (secondary N) is 1. The highest BCUT2D eigenvalue weighted by Crippen LogP contribution is 2.20. The number of aliphatic carboxylic acids is 1. The van der Waals surface area contributed by atoms with E-state index >= 15 is 0 Å². The molecule has 0 bridgehead atoms. The van der Waals surface area contributed by atoms with Gasteiger partial charge < -0.3 is 15.2 Å². The van der Waals surface area contributed by atoms with Gasteiger partial charge in [-0.25, -0.2) is 9.18 Å². The summed E-state index contributed by atoms with van der Waals surface area (Å²) in [6.07, 6.45) is 0.0242. The number of rotatable bonds is 6. The Kier molecular flexibility index (Phi) is 5.72. The molecular weight excluding hydrogens is 277 g/mol. The first kappa shape index (κ1) is 15.4. The summed E-state index contributed by atoms with van der Waals surface area (Å²) >= 11 is 5.51. The molecule has 1 atom stereocenters. The van der Waals surface area contributed by atoms with Crippen molar-refractivity contribution < 1.29 is 23.8 Å². The van der Waals surface area contributed by atoms with Crippen molar-refractivity contribution in [3.05, 3.63) is 34.6 Å². The van der Waals surface area contributed by atoms with Gasteiger partial charge in [-0.15, -0.1) is 0 Å². The lowest BCUT2D eigenvalue weighted by atomic mass is 10.1. The molecule has 1 aromatic carbocycles. The van der Waals surface area contributed by atoms with Crippen LogP contribution in [0.2, 0.25) is 5.02 Å². The molecule has 0 fully saturated rings. The van der Waals surface area contributed by atoms with Gasteiger partial charge in [0.1, 0.15) is 5.82 Å². The van der Waals surface area contributed by atoms with Gasteiger partial charge in [0.2, 0.25) is 5.91 Å². The van der Waals surface area contributed by atoms with E-state index in [0.29, 0.717) is 0 Å². The molecule has 0 aliphatic heterocycles. The van der Waals surface area contributed by atoms with Crippen LogP contribution in [0.1, 0.15) is 18.0 Å². The molecule has 5 nitrogen and oxygen atoms in total. The summed E-state index contributed by atoms with van der Waals surface area (Å²) in [6, 6.07) is 2.25. The molecule has 1 rings (SSSR count). The molecule has 0 aromatic heterocycles. The SMILES string of the molecule is COCCC(=O)NC(C(=O)O)c1ccc(Cl)c(F)c1. The molecule has 19 heavy (non-hydrogen) atoms. The molecule has 0 aliphatic rings. The average molecular weight is 290 g/mol. The second kappa shape index (κ2) is 7.06. The molecule has 1 unspecified atom stereocenters. The van der Waals surface area contributed by atoms with Crippen LogP contribution in [0.5, 0.6) is 0 Å². The number of ether oxygens (including phenoxy) is 1. The van der Waals surface area contributed by atoms with Gasteiger partial charge in [-0.05, 0) is 17.7 Å². The largest absolute Gasteiger partial charge is 0.479 e. The molecule has 0 spiro atoms. The van der Waals surface area contributed by atoms with Crippen LogP contribution in [-0.2, 0) is 14.3 Å². The van der Waals surface area contributed by atoms with Gasteiger partial charge in [-0.1, -0.05) is 17.7 Å². The van der Waals surface area contributed by atoms with E-state index in [9.17, 15) is 14.0 Å². The van der Waals surface area contributed by atoms with E-state index in [4.69, 9.17) is 21.4 Å². The van der Waals surface area contributed by atoms with E-state index in [-0.39, 0.29) is 23.6 Å². The number of hydrogen-bond acceptors (Lipinski definition) is 3. The fraction of sp³-hybridized carbons (Fsp3) is 0.333. The van der Waals surface area contributed by atoms with Crippen LogP contribution in [0.3, 0.4) is 0 Å². The standard InChI is InChI=1S/C12H13ClFNO4/c1-19-5-4-10(16)15-11(12(17)18)7-2-3-8(13)9(14)6-7/h2-3,6,11H,4-5H2,1H3,(H,15,16)(H,17,18). The lowest BCUT2D eigenvalue weighted by Crippen LogP contribution is -2.34. The van der Waals surface area contributed by atoms with Crippen molar-refractivity contribution in [2.75, 3.05) is 13.7 Å². The number of carboxylic acid groups (broad SMARTS) is 1. The Morgan fingerprint density at radius 1 is 1.53 bits per heavy atom. The van der Waals surface area contributed by atoms with Crippen LogP contribution in [0.15, 0.2) is 18.2 Å². The van der Waals surface area contributed by atoms with Crippen molar-refractivity contribution in [2.45, 2.75) is 12.5 Å². The minimum Gasteiger partial charge on any atom is -0.479 e. The normalized spacial score (nSPS) is 11.9. The van der Waals surface area contributed by atoms with Crippen molar-refractivity contribution >= 4 is 23.5 Å².